The number of rotatable bonds is 1. The first kappa shape index (κ1) is 9.69. The van der Waals surface area contributed by atoms with Gasteiger partial charge in [-0.05, 0) is 31.0 Å². The van der Waals surface area contributed by atoms with E-state index in [1.165, 1.54) is 11.1 Å². The Balaban J connectivity index is 2.16. The van der Waals surface area contributed by atoms with Crippen LogP contribution in [0.4, 0.5) is 0 Å². The van der Waals surface area contributed by atoms with Crippen molar-refractivity contribution in [1.82, 2.24) is 5.32 Å². The van der Waals surface area contributed by atoms with Crippen molar-refractivity contribution in [3.05, 3.63) is 35.4 Å². The Labute approximate surface area is 85.3 Å². The zero-order valence-electron chi connectivity index (χ0n) is 8.62. The number of ether oxygens (including phenoxy) is 1. The molecule has 1 aromatic rings. The van der Waals surface area contributed by atoms with Crippen LogP contribution in [0, 0.1) is 6.92 Å². The van der Waals surface area contributed by atoms with Crippen molar-refractivity contribution >= 4 is 0 Å². The summed E-state index contributed by atoms with van der Waals surface area (Å²) in [6, 6.07) is 8.45. The van der Waals surface area contributed by atoms with Gasteiger partial charge < -0.3 is 10.1 Å². The Hall–Kier alpha value is -0.860. The standard InChI is InChI=1S/C12H17NO/c1-10-5-2-3-6-11(10)12-9-13-7-4-8-14-12/h2-3,5-6,12-13H,4,7-9H2,1H3. The van der Waals surface area contributed by atoms with Crippen LogP contribution >= 0.6 is 0 Å². The fraction of sp³-hybridized carbons (Fsp3) is 0.500. The predicted molar refractivity (Wildman–Crippen MR) is 57.4 cm³/mol. The van der Waals surface area contributed by atoms with Crippen molar-refractivity contribution in [3.8, 4) is 0 Å². The highest BCUT2D eigenvalue weighted by molar-refractivity contribution is 5.28. The average molecular weight is 191 g/mol. The summed E-state index contributed by atoms with van der Waals surface area (Å²) in [5, 5.41) is 3.40. The van der Waals surface area contributed by atoms with Crippen LogP contribution < -0.4 is 5.32 Å². The summed E-state index contributed by atoms with van der Waals surface area (Å²) in [6.07, 6.45) is 1.35. The van der Waals surface area contributed by atoms with E-state index in [1.807, 2.05) is 0 Å². The maximum absolute atomic E-state index is 5.81. The van der Waals surface area contributed by atoms with Crippen molar-refractivity contribution in [2.75, 3.05) is 19.7 Å². The van der Waals surface area contributed by atoms with E-state index >= 15 is 0 Å². The number of hydrogen-bond donors (Lipinski definition) is 1. The molecule has 0 radical (unpaired) electrons. The van der Waals surface area contributed by atoms with Crippen LogP contribution in [0.1, 0.15) is 23.7 Å². The summed E-state index contributed by atoms with van der Waals surface area (Å²) in [7, 11) is 0. The van der Waals surface area contributed by atoms with E-state index in [0.717, 1.165) is 26.1 Å². The summed E-state index contributed by atoms with van der Waals surface area (Å²) in [6.45, 7) is 5.02. The van der Waals surface area contributed by atoms with Gasteiger partial charge in [-0.15, -0.1) is 0 Å². The third-order valence-corrected chi connectivity index (χ3v) is 2.68. The van der Waals surface area contributed by atoms with E-state index in [0.29, 0.717) is 0 Å². The molecule has 1 N–H and O–H groups in total. The van der Waals surface area contributed by atoms with E-state index in [1.54, 1.807) is 0 Å². The van der Waals surface area contributed by atoms with Crippen molar-refractivity contribution in [2.45, 2.75) is 19.4 Å². The molecule has 1 aliphatic rings. The zero-order valence-corrected chi connectivity index (χ0v) is 8.62. The molecule has 2 nitrogen and oxygen atoms in total. The molecule has 2 heteroatoms. The van der Waals surface area contributed by atoms with Gasteiger partial charge >= 0.3 is 0 Å². The molecule has 0 saturated carbocycles. The summed E-state index contributed by atoms with van der Waals surface area (Å²) < 4.78 is 5.81. The molecular weight excluding hydrogens is 174 g/mol. The second-order valence-electron chi connectivity index (χ2n) is 3.77. The maximum atomic E-state index is 5.81. The Morgan fingerprint density at radius 3 is 3.07 bits per heavy atom. The van der Waals surface area contributed by atoms with Crippen LogP contribution in [0.2, 0.25) is 0 Å². The van der Waals surface area contributed by atoms with Gasteiger partial charge in [-0.1, -0.05) is 24.3 Å². The van der Waals surface area contributed by atoms with Crippen molar-refractivity contribution in [1.29, 1.82) is 0 Å². The van der Waals surface area contributed by atoms with Gasteiger partial charge in [-0.2, -0.15) is 0 Å². The van der Waals surface area contributed by atoms with Gasteiger partial charge in [0.1, 0.15) is 0 Å². The molecule has 1 fully saturated rings. The first-order valence-corrected chi connectivity index (χ1v) is 5.26. The quantitative estimate of drug-likeness (QED) is 0.733. The maximum Gasteiger partial charge on any atom is 0.0951 e. The van der Waals surface area contributed by atoms with Gasteiger partial charge in [0.25, 0.3) is 0 Å². The molecule has 2 rings (SSSR count). The summed E-state index contributed by atoms with van der Waals surface area (Å²) in [5.41, 5.74) is 2.64. The smallest absolute Gasteiger partial charge is 0.0951 e. The monoisotopic (exact) mass is 191 g/mol. The van der Waals surface area contributed by atoms with Gasteiger partial charge in [0.2, 0.25) is 0 Å². The third-order valence-electron chi connectivity index (χ3n) is 2.68. The van der Waals surface area contributed by atoms with Crippen molar-refractivity contribution in [3.63, 3.8) is 0 Å². The van der Waals surface area contributed by atoms with Crippen LogP contribution in [0.3, 0.4) is 0 Å². The highest BCUT2D eigenvalue weighted by atomic mass is 16.5. The van der Waals surface area contributed by atoms with Crippen molar-refractivity contribution < 1.29 is 4.74 Å². The Kier molecular flexibility index (Phi) is 3.17. The zero-order chi connectivity index (χ0) is 9.80. The fourth-order valence-corrected chi connectivity index (χ4v) is 1.86. The molecular formula is C12H17NO. The average Bonchev–Trinajstić information content (AvgIpc) is 2.47. The number of aryl methyl sites for hydroxylation is 1. The number of hydrogen-bond acceptors (Lipinski definition) is 2. The molecule has 1 unspecified atom stereocenters. The normalized spacial score (nSPS) is 23.1. The molecule has 0 aromatic heterocycles. The van der Waals surface area contributed by atoms with Crippen molar-refractivity contribution in [2.24, 2.45) is 0 Å². The minimum atomic E-state index is 0.235. The lowest BCUT2D eigenvalue weighted by Gasteiger charge is -2.17. The van der Waals surface area contributed by atoms with Gasteiger partial charge in [0, 0.05) is 13.2 Å². The highest BCUT2D eigenvalue weighted by Gasteiger charge is 2.15. The first-order chi connectivity index (χ1) is 6.88. The summed E-state index contributed by atoms with van der Waals surface area (Å²) in [4.78, 5) is 0. The third kappa shape index (κ3) is 2.14. The second-order valence-corrected chi connectivity index (χ2v) is 3.77. The first-order valence-electron chi connectivity index (χ1n) is 5.26. The van der Waals surface area contributed by atoms with Crippen LogP contribution in [0.25, 0.3) is 0 Å². The van der Waals surface area contributed by atoms with E-state index < -0.39 is 0 Å². The molecule has 1 heterocycles. The lowest BCUT2D eigenvalue weighted by atomic mass is 10.0. The number of nitrogens with one attached hydrogen (secondary N) is 1. The molecule has 76 valence electrons. The summed E-state index contributed by atoms with van der Waals surface area (Å²) in [5.74, 6) is 0. The Bertz CT molecular complexity index is 290. The molecule has 0 amide bonds. The van der Waals surface area contributed by atoms with E-state index in [9.17, 15) is 0 Å². The Morgan fingerprint density at radius 2 is 2.21 bits per heavy atom. The lowest BCUT2D eigenvalue weighted by Crippen LogP contribution is -2.20. The van der Waals surface area contributed by atoms with E-state index in [2.05, 4.69) is 36.5 Å². The molecule has 1 atom stereocenters. The molecule has 0 bridgehead atoms. The van der Waals surface area contributed by atoms with E-state index in [4.69, 9.17) is 4.74 Å². The van der Waals surface area contributed by atoms with Gasteiger partial charge in [-0.3, -0.25) is 0 Å². The number of benzene rings is 1. The molecule has 1 aliphatic heterocycles. The van der Waals surface area contributed by atoms with E-state index in [-0.39, 0.29) is 6.10 Å². The Morgan fingerprint density at radius 1 is 1.36 bits per heavy atom. The molecule has 1 aromatic carbocycles. The highest BCUT2D eigenvalue weighted by Crippen LogP contribution is 2.21. The van der Waals surface area contributed by atoms with Crippen LogP contribution in [0.5, 0.6) is 0 Å². The lowest BCUT2D eigenvalue weighted by molar-refractivity contribution is 0.0665. The SMILES string of the molecule is Cc1ccccc1C1CNCCCO1. The van der Waals surface area contributed by atoms with Gasteiger partial charge in [0.15, 0.2) is 0 Å². The minimum Gasteiger partial charge on any atom is -0.372 e. The molecule has 0 aliphatic carbocycles. The molecule has 0 spiro atoms. The minimum absolute atomic E-state index is 0.235. The molecule has 14 heavy (non-hydrogen) atoms. The van der Waals surface area contributed by atoms with Crippen LogP contribution in [-0.2, 0) is 4.74 Å². The van der Waals surface area contributed by atoms with Crippen LogP contribution in [-0.4, -0.2) is 19.7 Å². The van der Waals surface area contributed by atoms with Crippen LogP contribution in [0.15, 0.2) is 24.3 Å². The topological polar surface area (TPSA) is 21.3 Å². The van der Waals surface area contributed by atoms with Gasteiger partial charge in [-0.25, -0.2) is 0 Å². The fourth-order valence-electron chi connectivity index (χ4n) is 1.86. The predicted octanol–water partition coefficient (Wildman–Crippen LogP) is 2.05. The second kappa shape index (κ2) is 4.58. The van der Waals surface area contributed by atoms with Gasteiger partial charge in [0.05, 0.1) is 6.10 Å². The molecule has 1 saturated heterocycles. The largest absolute Gasteiger partial charge is 0.372 e. The summed E-state index contributed by atoms with van der Waals surface area (Å²) >= 11 is 0.